The van der Waals surface area contributed by atoms with Crippen LogP contribution in [-0.4, -0.2) is 43.2 Å². The highest BCUT2D eigenvalue weighted by Gasteiger charge is 2.40. The number of rotatable bonds is 6. The van der Waals surface area contributed by atoms with Gasteiger partial charge in [0.05, 0.1) is 17.4 Å². The fraction of sp³-hybridized carbons (Fsp3) is 0.400. The molecule has 2 amide bonds. The minimum Gasteiger partial charge on any atom is -0.370 e. The smallest absolute Gasteiger partial charge is 0.243 e. The van der Waals surface area contributed by atoms with Gasteiger partial charge in [-0.3, -0.25) is 9.59 Å². The van der Waals surface area contributed by atoms with Crippen molar-refractivity contribution in [3.8, 4) is 6.07 Å². The van der Waals surface area contributed by atoms with Crippen molar-refractivity contribution in [1.82, 2.24) is 9.62 Å². The topological polar surface area (TPSA) is 133 Å². The molecular weight excluding hydrogens is 368 g/mol. The molecule has 0 radical (unpaired) electrons. The molecule has 0 bridgehead atoms. The van der Waals surface area contributed by atoms with Crippen LogP contribution < -0.4 is 11.1 Å². The maximum absolute atomic E-state index is 12.8. The molecule has 0 spiro atoms. The van der Waals surface area contributed by atoms with Crippen LogP contribution in [0.5, 0.6) is 0 Å². The van der Waals surface area contributed by atoms with Gasteiger partial charge in [-0.25, -0.2) is 8.42 Å². The molecule has 1 aromatic carbocycles. The summed E-state index contributed by atoms with van der Waals surface area (Å²) < 4.78 is 26.6. The van der Waals surface area contributed by atoms with Gasteiger partial charge < -0.3 is 11.1 Å². The van der Waals surface area contributed by atoms with Crippen molar-refractivity contribution >= 4 is 33.4 Å². The molecule has 2 atom stereocenters. The molecule has 0 saturated carbocycles. The molecule has 1 aliphatic rings. The van der Waals surface area contributed by atoms with Crippen LogP contribution in [0.1, 0.15) is 19.3 Å². The summed E-state index contributed by atoms with van der Waals surface area (Å²) in [5, 5.41) is 11.8. The summed E-state index contributed by atoms with van der Waals surface area (Å²) in [4.78, 5) is 23.3. The number of hydrogen-bond donors (Lipinski definition) is 2. The molecule has 0 aromatic heterocycles. The number of nitrogens with one attached hydrogen (secondary N) is 1. The van der Waals surface area contributed by atoms with Gasteiger partial charge in [-0.05, 0) is 37.1 Å². The Labute approximate surface area is 150 Å². The predicted molar refractivity (Wildman–Crippen MR) is 89.7 cm³/mol. The number of benzene rings is 1. The summed E-state index contributed by atoms with van der Waals surface area (Å²) in [6, 6.07) is 5.39. The molecule has 0 unspecified atom stereocenters. The summed E-state index contributed by atoms with van der Waals surface area (Å²) in [5.41, 5.74) is 5.02. The van der Waals surface area contributed by atoms with Crippen molar-refractivity contribution in [2.75, 3.05) is 6.54 Å². The van der Waals surface area contributed by atoms with Crippen LogP contribution in [0.25, 0.3) is 0 Å². The van der Waals surface area contributed by atoms with Gasteiger partial charge in [0.2, 0.25) is 21.8 Å². The van der Waals surface area contributed by atoms with Crippen LogP contribution in [0.4, 0.5) is 0 Å². The first-order valence-electron chi connectivity index (χ1n) is 7.51. The highest BCUT2D eigenvalue weighted by molar-refractivity contribution is 7.89. The van der Waals surface area contributed by atoms with Gasteiger partial charge in [-0.15, -0.1) is 0 Å². The van der Waals surface area contributed by atoms with Crippen molar-refractivity contribution in [3.05, 3.63) is 29.3 Å². The van der Waals surface area contributed by atoms with Gasteiger partial charge in [-0.2, -0.15) is 9.57 Å². The number of amides is 2. The Morgan fingerprint density at radius 3 is 2.60 bits per heavy atom. The second-order valence-electron chi connectivity index (χ2n) is 5.59. The maximum atomic E-state index is 12.8. The molecule has 2 rings (SSSR count). The van der Waals surface area contributed by atoms with E-state index in [9.17, 15) is 18.0 Å². The van der Waals surface area contributed by atoms with Crippen molar-refractivity contribution in [2.24, 2.45) is 5.73 Å². The van der Waals surface area contributed by atoms with Crippen LogP contribution in [0, 0.1) is 11.3 Å². The van der Waals surface area contributed by atoms with E-state index in [4.69, 9.17) is 22.6 Å². The van der Waals surface area contributed by atoms with E-state index in [1.54, 1.807) is 6.07 Å². The molecule has 134 valence electrons. The SMILES string of the molecule is N#C[C@H](CC(N)=O)NC(=O)[C@@H]1CCCN1S(=O)(=O)c1ccc(Cl)cc1. The van der Waals surface area contributed by atoms with E-state index < -0.39 is 33.9 Å². The molecule has 8 nitrogen and oxygen atoms in total. The van der Waals surface area contributed by atoms with E-state index in [1.807, 2.05) is 0 Å². The zero-order chi connectivity index (χ0) is 18.6. The number of nitriles is 1. The summed E-state index contributed by atoms with van der Waals surface area (Å²) in [5.74, 6) is -1.35. The van der Waals surface area contributed by atoms with Crippen molar-refractivity contribution in [3.63, 3.8) is 0 Å². The second-order valence-corrected chi connectivity index (χ2v) is 7.92. The number of hydrogen-bond acceptors (Lipinski definition) is 5. The Balaban J connectivity index is 2.19. The normalized spacial score (nSPS) is 19.1. The minimum absolute atomic E-state index is 0.0329. The van der Waals surface area contributed by atoms with Crippen LogP contribution in [-0.2, 0) is 19.6 Å². The van der Waals surface area contributed by atoms with Crippen molar-refractivity contribution in [1.29, 1.82) is 5.26 Å². The predicted octanol–water partition coefficient (Wildman–Crippen LogP) is 0.377. The molecule has 0 aliphatic carbocycles. The fourth-order valence-corrected chi connectivity index (χ4v) is 4.41. The van der Waals surface area contributed by atoms with Gasteiger partial charge in [0.15, 0.2) is 0 Å². The quantitative estimate of drug-likeness (QED) is 0.731. The summed E-state index contributed by atoms with van der Waals surface area (Å²) >= 11 is 5.77. The number of carbonyl (C=O) groups is 2. The fourth-order valence-electron chi connectivity index (χ4n) is 2.63. The lowest BCUT2D eigenvalue weighted by atomic mass is 10.1. The number of nitrogens with zero attached hydrogens (tertiary/aromatic N) is 2. The van der Waals surface area contributed by atoms with Gasteiger partial charge in [0, 0.05) is 11.6 Å². The number of halogens is 1. The van der Waals surface area contributed by atoms with E-state index in [0.717, 1.165) is 4.31 Å². The third kappa shape index (κ3) is 4.48. The molecule has 1 aliphatic heterocycles. The Bertz CT molecular complexity index is 804. The van der Waals surface area contributed by atoms with Crippen LogP contribution in [0.15, 0.2) is 29.2 Å². The van der Waals surface area contributed by atoms with E-state index in [1.165, 1.54) is 24.3 Å². The summed E-state index contributed by atoms with van der Waals surface area (Å²) in [7, 11) is -3.88. The monoisotopic (exact) mass is 384 g/mol. The first-order chi connectivity index (χ1) is 11.8. The lowest BCUT2D eigenvalue weighted by molar-refractivity contribution is -0.125. The molecule has 1 heterocycles. The number of carbonyl (C=O) groups excluding carboxylic acids is 2. The van der Waals surface area contributed by atoms with Gasteiger partial charge in [0.1, 0.15) is 12.1 Å². The van der Waals surface area contributed by atoms with E-state index in [0.29, 0.717) is 17.9 Å². The highest BCUT2D eigenvalue weighted by atomic mass is 35.5. The molecule has 3 N–H and O–H groups in total. The largest absolute Gasteiger partial charge is 0.370 e. The standard InChI is InChI=1S/C15H17ClN4O4S/c16-10-3-5-12(6-4-10)25(23,24)20-7-1-2-13(20)15(22)19-11(9-17)8-14(18)21/h3-6,11,13H,1-2,7-8H2,(H2,18,21)(H,19,22)/t11-,13-/m0/s1. The Morgan fingerprint density at radius 2 is 2.04 bits per heavy atom. The van der Waals surface area contributed by atoms with Gasteiger partial charge in [-0.1, -0.05) is 11.6 Å². The maximum Gasteiger partial charge on any atom is 0.243 e. The van der Waals surface area contributed by atoms with Crippen LogP contribution >= 0.6 is 11.6 Å². The Hall–Kier alpha value is -2.15. The van der Waals surface area contributed by atoms with Crippen molar-refractivity contribution in [2.45, 2.75) is 36.2 Å². The van der Waals surface area contributed by atoms with E-state index in [-0.39, 0.29) is 17.9 Å². The molecule has 1 saturated heterocycles. The molecule has 1 aromatic rings. The first-order valence-corrected chi connectivity index (χ1v) is 9.33. The molecular formula is C15H17ClN4O4S. The van der Waals surface area contributed by atoms with Gasteiger partial charge in [0.25, 0.3) is 0 Å². The minimum atomic E-state index is -3.88. The third-order valence-electron chi connectivity index (χ3n) is 3.80. The molecule has 10 heteroatoms. The number of primary amides is 1. The molecule has 1 fully saturated rings. The lowest BCUT2D eigenvalue weighted by Crippen LogP contribution is -2.49. The summed E-state index contributed by atoms with van der Waals surface area (Å²) in [6.45, 7) is 0.191. The number of sulfonamides is 1. The summed E-state index contributed by atoms with van der Waals surface area (Å²) in [6.07, 6.45) is 0.504. The second kappa shape index (κ2) is 7.82. The average Bonchev–Trinajstić information content (AvgIpc) is 3.04. The zero-order valence-electron chi connectivity index (χ0n) is 13.2. The zero-order valence-corrected chi connectivity index (χ0v) is 14.8. The van der Waals surface area contributed by atoms with Crippen LogP contribution in [0.2, 0.25) is 5.02 Å². The van der Waals surface area contributed by atoms with E-state index >= 15 is 0 Å². The first kappa shape index (κ1) is 19.2. The average molecular weight is 385 g/mol. The number of nitrogens with two attached hydrogens (primary N) is 1. The Kier molecular flexibility index (Phi) is 6.00. The Morgan fingerprint density at radius 1 is 1.40 bits per heavy atom. The van der Waals surface area contributed by atoms with Gasteiger partial charge >= 0.3 is 0 Å². The lowest BCUT2D eigenvalue weighted by Gasteiger charge is -2.24. The van der Waals surface area contributed by atoms with Crippen LogP contribution in [0.3, 0.4) is 0 Å². The van der Waals surface area contributed by atoms with E-state index in [2.05, 4.69) is 5.32 Å². The molecule has 25 heavy (non-hydrogen) atoms. The van der Waals surface area contributed by atoms with Crippen molar-refractivity contribution < 1.29 is 18.0 Å². The third-order valence-corrected chi connectivity index (χ3v) is 5.98. The highest BCUT2D eigenvalue weighted by Crippen LogP contribution is 2.27.